The Morgan fingerprint density at radius 2 is 2.14 bits per heavy atom. The topological polar surface area (TPSA) is 73.9 Å². The molecule has 1 amide bonds. The minimum absolute atomic E-state index is 0.170. The van der Waals surface area contributed by atoms with Crippen molar-refractivity contribution in [3.8, 4) is 0 Å². The van der Waals surface area contributed by atoms with Crippen molar-refractivity contribution in [3.63, 3.8) is 0 Å². The SMILES string of the molecule is O=C(CN1CCCC(c2ncn[nH]2)C1)NCC1CCCCC1. The van der Waals surface area contributed by atoms with E-state index < -0.39 is 0 Å². The summed E-state index contributed by atoms with van der Waals surface area (Å²) in [5.74, 6) is 2.19. The average Bonchev–Trinajstić information content (AvgIpc) is 3.09. The number of aromatic amines is 1. The molecule has 6 nitrogen and oxygen atoms in total. The Hall–Kier alpha value is -1.43. The van der Waals surface area contributed by atoms with E-state index in [9.17, 15) is 4.79 Å². The van der Waals surface area contributed by atoms with Gasteiger partial charge in [0.1, 0.15) is 12.2 Å². The number of amides is 1. The Morgan fingerprint density at radius 3 is 2.91 bits per heavy atom. The first-order chi connectivity index (χ1) is 10.8. The minimum Gasteiger partial charge on any atom is -0.355 e. The number of piperidine rings is 1. The lowest BCUT2D eigenvalue weighted by molar-refractivity contribution is -0.122. The van der Waals surface area contributed by atoms with Crippen LogP contribution in [0.1, 0.15) is 56.7 Å². The number of nitrogens with one attached hydrogen (secondary N) is 2. The molecule has 122 valence electrons. The van der Waals surface area contributed by atoms with Crippen molar-refractivity contribution in [3.05, 3.63) is 12.2 Å². The molecule has 0 aromatic carbocycles. The third kappa shape index (κ3) is 4.29. The molecule has 1 atom stereocenters. The summed E-state index contributed by atoms with van der Waals surface area (Å²) in [5, 5.41) is 10.0. The predicted octanol–water partition coefficient (Wildman–Crippen LogP) is 1.68. The highest BCUT2D eigenvalue weighted by Gasteiger charge is 2.24. The van der Waals surface area contributed by atoms with Gasteiger partial charge in [0, 0.05) is 19.0 Å². The first kappa shape index (κ1) is 15.5. The van der Waals surface area contributed by atoms with Gasteiger partial charge in [-0.15, -0.1) is 0 Å². The van der Waals surface area contributed by atoms with E-state index >= 15 is 0 Å². The fourth-order valence-corrected chi connectivity index (χ4v) is 3.74. The van der Waals surface area contributed by atoms with Gasteiger partial charge < -0.3 is 5.32 Å². The van der Waals surface area contributed by atoms with Crippen LogP contribution in [0.3, 0.4) is 0 Å². The van der Waals surface area contributed by atoms with E-state index in [1.807, 2.05) is 0 Å². The van der Waals surface area contributed by atoms with Gasteiger partial charge >= 0.3 is 0 Å². The van der Waals surface area contributed by atoms with Gasteiger partial charge in [-0.2, -0.15) is 5.10 Å². The number of carbonyl (C=O) groups is 1. The van der Waals surface area contributed by atoms with Gasteiger partial charge in [-0.05, 0) is 38.1 Å². The molecule has 1 saturated heterocycles. The van der Waals surface area contributed by atoms with Crippen LogP contribution >= 0.6 is 0 Å². The molecule has 2 aliphatic rings. The van der Waals surface area contributed by atoms with Gasteiger partial charge in [0.25, 0.3) is 0 Å². The zero-order chi connectivity index (χ0) is 15.2. The summed E-state index contributed by atoms with van der Waals surface area (Å²) >= 11 is 0. The summed E-state index contributed by atoms with van der Waals surface area (Å²) in [4.78, 5) is 18.7. The highest BCUT2D eigenvalue weighted by molar-refractivity contribution is 5.78. The molecule has 1 saturated carbocycles. The molecule has 1 aromatic rings. The van der Waals surface area contributed by atoms with Crippen molar-refractivity contribution in [2.75, 3.05) is 26.2 Å². The molecular formula is C16H27N5O. The van der Waals surface area contributed by atoms with Crippen LogP contribution in [-0.2, 0) is 4.79 Å². The van der Waals surface area contributed by atoms with Crippen LogP contribution in [0.25, 0.3) is 0 Å². The highest BCUT2D eigenvalue weighted by Crippen LogP contribution is 2.24. The third-order valence-corrected chi connectivity index (χ3v) is 5.01. The smallest absolute Gasteiger partial charge is 0.234 e. The first-order valence-corrected chi connectivity index (χ1v) is 8.65. The Balaban J connectivity index is 1.40. The molecule has 1 aliphatic carbocycles. The van der Waals surface area contributed by atoms with E-state index in [1.54, 1.807) is 6.33 Å². The van der Waals surface area contributed by atoms with Gasteiger partial charge in [-0.3, -0.25) is 14.8 Å². The molecule has 2 heterocycles. The lowest BCUT2D eigenvalue weighted by Gasteiger charge is -2.31. The van der Waals surface area contributed by atoms with Crippen LogP contribution in [-0.4, -0.2) is 52.2 Å². The molecule has 1 unspecified atom stereocenters. The zero-order valence-corrected chi connectivity index (χ0v) is 13.3. The van der Waals surface area contributed by atoms with Crippen molar-refractivity contribution in [2.45, 2.75) is 50.9 Å². The number of hydrogen-bond donors (Lipinski definition) is 2. The lowest BCUT2D eigenvalue weighted by atomic mass is 9.89. The maximum absolute atomic E-state index is 12.2. The van der Waals surface area contributed by atoms with Gasteiger partial charge in [0.05, 0.1) is 6.54 Å². The van der Waals surface area contributed by atoms with Crippen LogP contribution in [0.15, 0.2) is 6.33 Å². The maximum atomic E-state index is 12.2. The molecule has 0 bridgehead atoms. The molecule has 1 aromatic heterocycles. The Morgan fingerprint density at radius 1 is 1.27 bits per heavy atom. The number of carbonyl (C=O) groups excluding carboxylic acids is 1. The molecule has 3 rings (SSSR count). The second kappa shape index (κ2) is 7.72. The molecule has 0 spiro atoms. The standard InChI is InChI=1S/C16H27N5O/c22-15(17-9-13-5-2-1-3-6-13)11-21-8-4-7-14(10-21)16-18-12-19-20-16/h12-14H,1-11H2,(H,17,22)(H,18,19,20). The molecule has 2 fully saturated rings. The van der Waals surface area contributed by atoms with Gasteiger partial charge in [0.2, 0.25) is 5.91 Å². The van der Waals surface area contributed by atoms with Crippen molar-refractivity contribution in [2.24, 2.45) is 5.92 Å². The van der Waals surface area contributed by atoms with Gasteiger partial charge in [0.15, 0.2) is 0 Å². The van der Waals surface area contributed by atoms with E-state index in [4.69, 9.17) is 0 Å². The van der Waals surface area contributed by atoms with Crippen LogP contribution in [0.4, 0.5) is 0 Å². The normalized spacial score (nSPS) is 24.3. The van der Waals surface area contributed by atoms with Crippen molar-refractivity contribution in [1.29, 1.82) is 0 Å². The molecule has 1 aliphatic heterocycles. The molecule has 2 N–H and O–H groups in total. The van der Waals surface area contributed by atoms with E-state index in [-0.39, 0.29) is 5.91 Å². The van der Waals surface area contributed by atoms with Crippen molar-refractivity contribution >= 4 is 5.91 Å². The summed E-state index contributed by atoms with van der Waals surface area (Å²) in [6.45, 7) is 3.27. The van der Waals surface area contributed by atoms with Gasteiger partial charge in [-0.25, -0.2) is 4.98 Å². The third-order valence-electron chi connectivity index (χ3n) is 5.01. The first-order valence-electron chi connectivity index (χ1n) is 8.65. The molecule has 22 heavy (non-hydrogen) atoms. The predicted molar refractivity (Wildman–Crippen MR) is 84.4 cm³/mol. The summed E-state index contributed by atoms with van der Waals surface area (Å²) in [5.41, 5.74) is 0. The fourth-order valence-electron chi connectivity index (χ4n) is 3.74. The highest BCUT2D eigenvalue weighted by atomic mass is 16.2. The molecule has 0 radical (unpaired) electrons. The second-order valence-electron chi connectivity index (χ2n) is 6.75. The number of likely N-dealkylation sites (tertiary alicyclic amines) is 1. The van der Waals surface area contributed by atoms with E-state index in [2.05, 4.69) is 25.4 Å². The monoisotopic (exact) mass is 305 g/mol. The fraction of sp³-hybridized carbons (Fsp3) is 0.812. The van der Waals surface area contributed by atoms with E-state index in [0.29, 0.717) is 18.4 Å². The summed E-state index contributed by atoms with van der Waals surface area (Å²) in [6, 6.07) is 0. The van der Waals surface area contributed by atoms with Gasteiger partial charge in [-0.1, -0.05) is 19.3 Å². The van der Waals surface area contributed by atoms with Crippen LogP contribution in [0, 0.1) is 5.92 Å². The summed E-state index contributed by atoms with van der Waals surface area (Å²) in [7, 11) is 0. The van der Waals surface area contributed by atoms with Crippen LogP contribution in [0.2, 0.25) is 0 Å². The van der Waals surface area contributed by atoms with Crippen LogP contribution < -0.4 is 5.32 Å². The van der Waals surface area contributed by atoms with Crippen molar-refractivity contribution in [1.82, 2.24) is 25.4 Å². The van der Waals surface area contributed by atoms with Crippen LogP contribution in [0.5, 0.6) is 0 Å². The molecular weight excluding hydrogens is 278 g/mol. The Kier molecular flexibility index (Phi) is 5.43. The summed E-state index contributed by atoms with van der Waals surface area (Å²) < 4.78 is 0. The lowest BCUT2D eigenvalue weighted by Crippen LogP contribution is -2.43. The Labute approximate surface area is 132 Å². The van der Waals surface area contributed by atoms with E-state index in [1.165, 1.54) is 32.1 Å². The van der Waals surface area contributed by atoms with E-state index in [0.717, 1.165) is 38.3 Å². The number of aromatic nitrogens is 3. The quantitative estimate of drug-likeness (QED) is 0.868. The largest absolute Gasteiger partial charge is 0.355 e. The average molecular weight is 305 g/mol. The molecule has 6 heteroatoms. The number of hydrogen-bond acceptors (Lipinski definition) is 4. The van der Waals surface area contributed by atoms with Crippen molar-refractivity contribution < 1.29 is 4.79 Å². The maximum Gasteiger partial charge on any atom is 0.234 e. The number of rotatable bonds is 5. The Bertz CT molecular complexity index is 455. The second-order valence-corrected chi connectivity index (χ2v) is 6.75. The number of nitrogens with zero attached hydrogens (tertiary/aromatic N) is 3. The minimum atomic E-state index is 0.170. The summed E-state index contributed by atoms with van der Waals surface area (Å²) in [6.07, 6.45) is 10.4. The number of H-pyrrole nitrogens is 1. The zero-order valence-electron chi connectivity index (χ0n) is 13.3.